The first-order valence-electron chi connectivity index (χ1n) is 3.94. The molecule has 1 N–H and O–H groups in total. The van der Waals surface area contributed by atoms with Crippen molar-refractivity contribution in [1.82, 2.24) is 0 Å². The van der Waals surface area contributed by atoms with Gasteiger partial charge in [0.15, 0.2) is 0 Å². The Hall–Kier alpha value is -0.630. The lowest BCUT2D eigenvalue weighted by molar-refractivity contribution is -0.124. The summed E-state index contributed by atoms with van der Waals surface area (Å²) in [5, 5.41) is 9.24. The Morgan fingerprint density at radius 3 is 2.73 bits per heavy atom. The van der Waals surface area contributed by atoms with Gasteiger partial charge in [-0.25, -0.2) is 0 Å². The number of carbonyl (C=O) groups is 1. The van der Waals surface area contributed by atoms with Crippen molar-refractivity contribution in [2.75, 3.05) is 0 Å². The zero-order chi connectivity index (χ0) is 8.43. The molecule has 0 aliphatic heterocycles. The van der Waals surface area contributed by atoms with Gasteiger partial charge in [-0.15, -0.1) is 0 Å². The summed E-state index contributed by atoms with van der Waals surface area (Å²) in [7, 11) is 0. The van der Waals surface area contributed by atoms with Crippen molar-refractivity contribution in [3.05, 3.63) is 12.2 Å². The molecule has 1 aliphatic rings. The van der Waals surface area contributed by atoms with Crippen LogP contribution < -0.4 is 0 Å². The van der Waals surface area contributed by atoms with Gasteiger partial charge in [-0.05, 0) is 19.3 Å². The minimum Gasteiger partial charge on any atom is -0.393 e. The number of carbonyl (C=O) groups excluding carboxylic acids is 1. The average Bonchev–Trinajstić information content (AvgIpc) is 1.85. The number of ketones is 1. The molecule has 2 heteroatoms. The van der Waals surface area contributed by atoms with E-state index in [2.05, 4.69) is 6.58 Å². The molecule has 0 aromatic heterocycles. The molecule has 2 nitrogen and oxygen atoms in total. The van der Waals surface area contributed by atoms with E-state index in [0.717, 1.165) is 5.57 Å². The summed E-state index contributed by atoms with van der Waals surface area (Å²) < 4.78 is 0. The van der Waals surface area contributed by atoms with Crippen LogP contribution in [0.4, 0.5) is 0 Å². The van der Waals surface area contributed by atoms with Gasteiger partial charge < -0.3 is 5.11 Å². The van der Waals surface area contributed by atoms with Crippen LogP contribution in [0, 0.1) is 5.92 Å². The minimum atomic E-state index is -0.432. The van der Waals surface area contributed by atoms with Crippen molar-refractivity contribution in [1.29, 1.82) is 0 Å². The molecular formula is C9H14O2. The van der Waals surface area contributed by atoms with Crippen LogP contribution in [-0.4, -0.2) is 17.0 Å². The summed E-state index contributed by atoms with van der Waals surface area (Å²) in [4.78, 5) is 11.0. The monoisotopic (exact) mass is 154 g/mol. The molecule has 1 fully saturated rings. The van der Waals surface area contributed by atoms with Crippen LogP contribution >= 0.6 is 0 Å². The lowest BCUT2D eigenvalue weighted by Gasteiger charge is -2.24. The summed E-state index contributed by atoms with van der Waals surface area (Å²) in [6.45, 7) is 5.70. The summed E-state index contributed by atoms with van der Waals surface area (Å²) in [6, 6.07) is 0. The third kappa shape index (κ3) is 2.15. The smallest absolute Gasteiger partial charge is 0.136 e. The second-order valence-electron chi connectivity index (χ2n) is 3.38. The zero-order valence-corrected chi connectivity index (χ0v) is 6.84. The molecule has 0 saturated heterocycles. The van der Waals surface area contributed by atoms with Crippen molar-refractivity contribution in [2.45, 2.75) is 32.3 Å². The molecule has 0 amide bonds. The Morgan fingerprint density at radius 1 is 1.64 bits per heavy atom. The molecule has 0 aromatic carbocycles. The first-order valence-corrected chi connectivity index (χ1v) is 3.94. The summed E-state index contributed by atoms with van der Waals surface area (Å²) >= 11 is 0. The number of Topliss-reactive ketones (excluding diaryl/α,β-unsaturated/α-hetero) is 1. The number of rotatable bonds is 1. The standard InChI is InChI=1S/C9H14O2/c1-6(2)7-3-8(10)5-9(11)4-7/h7-8,10H,1,3-5H2,2H3. The van der Waals surface area contributed by atoms with E-state index >= 15 is 0 Å². The molecule has 1 rings (SSSR count). The van der Waals surface area contributed by atoms with E-state index < -0.39 is 6.10 Å². The summed E-state index contributed by atoms with van der Waals surface area (Å²) in [5.74, 6) is 0.378. The number of aliphatic hydroxyl groups is 1. The molecule has 2 atom stereocenters. The van der Waals surface area contributed by atoms with Crippen LogP contribution in [-0.2, 0) is 4.79 Å². The molecule has 2 unspecified atom stereocenters. The Kier molecular flexibility index (Phi) is 2.45. The van der Waals surface area contributed by atoms with Gasteiger partial charge in [-0.2, -0.15) is 0 Å². The van der Waals surface area contributed by atoms with Crippen LogP contribution in [0.25, 0.3) is 0 Å². The maximum atomic E-state index is 11.0. The van der Waals surface area contributed by atoms with Crippen LogP contribution in [0.2, 0.25) is 0 Å². The quantitative estimate of drug-likeness (QED) is 0.578. The fourth-order valence-electron chi connectivity index (χ4n) is 1.49. The highest BCUT2D eigenvalue weighted by molar-refractivity contribution is 5.80. The highest BCUT2D eigenvalue weighted by Gasteiger charge is 2.25. The fourth-order valence-corrected chi connectivity index (χ4v) is 1.49. The maximum Gasteiger partial charge on any atom is 0.136 e. The fraction of sp³-hybridized carbons (Fsp3) is 0.667. The Morgan fingerprint density at radius 2 is 2.27 bits per heavy atom. The first-order chi connectivity index (χ1) is 5.09. The molecule has 1 aliphatic carbocycles. The molecule has 0 bridgehead atoms. The van der Waals surface area contributed by atoms with Crippen molar-refractivity contribution in [3.63, 3.8) is 0 Å². The predicted octanol–water partition coefficient (Wildman–Crippen LogP) is 1.29. The molecule has 0 spiro atoms. The molecule has 11 heavy (non-hydrogen) atoms. The van der Waals surface area contributed by atoms with E-state index in [-0.39, 0.29) is 11.7 Å². The minimum absolute atomic E-state index is 0.164. The van der Waals surface area contributed by atoms with Crippen molar-refractivity contribution in [2.24, 2.45) is 5.92 Å². The Bertz CT molecular complexity index is 184. The van der Waals surface area contributed by atoms with E-state index in [0.29, 0.717) is 19.3 Å². The average molecular weight is 154 g/mol. The molecule has 0 heterocycles. The van der Waals surface area contributed by atoms with Crippen LogP contribution in [0.3, 0.4) is 0 Å². The SMILES string of the molecule is C=C(C)C1CC(=O)CC(O)C1. The van der Waals surface area contributed by atoms with E-state index in [4.69, 9.17) is 0 Å². The zero-order valence-electron chi connectivity index (χ0n) is 6.84. The lowest BCUT2D eigenvalue weighted by Crippen LogP contribution is -2.26. The van der Waals surface area contributed by atoms with Gasteiger partial charge in [-0.1, -0.05) is 12.2 Å². The molecule has 0 aromatic rings. The number of aliphatic hydroxyl groups excluding tert-OH is 1. The van der Waals surface area contributed by atoms with Crippen LogP contribution in [0.15, 0.2) is 12.2 Å². The summed E-state index contributed by atoms with van der Waals surface area (Å²) in [5.41, 5.74) is 1.01. The van der Waals surface area contributed by atoms with Gasteiger partial charge in [0.2, 0.25) is 0 Å². The van der Waals surface area contributed by atoms with Crippen LogP contribution in [0.1, 0.15) is 26.2 Å². The highest BCUT2D eigenvalue weighted by atomic mass is 16.3. The van der Waals surface area contributed by atoms with Crippen LogP contribution in [0.5, 0.6) is 0 Å². The topological polar surface area (TPSA) is 37.3 Å². The first kappa shape index (κ1) is 8.47. The van der Waals surface area contributed by atoms with Gasteiger partial charge >= 0.3 is 0 Å². The van der Waals surface area contributed by atoms with E-state index in [9.17, 15) is 9.90 Å². The van der Waals surface area contributed by atoms with Gasteiger partial charge in [0.05, 0.1) is 6.10 Å². The van der Waals surface area contributed by atoms with Crippen molar-refractivity contribution in [3.8, 4) is 0 Å². The normalized spacial score (nSPS) is 32.0. The summed E-state index contributed by atoms with van der Waals surface area (Å²) in [6.07, 6.45) is 1.19. The van der Waals surface area contributed by atoms with E-state index in [1.165, 1.54) is 0 Å². The van der Waals surface area contributed by atoms with E-state index in [1.54, 1.807) is 0 Å². The Balaban J connectivity index is 2.56. The largest absolute Gasteiger partial charge is 0.393 e. The predicted molar refractivity (Wildman–Crippen MR) is 43.2 cm³/mol. The molecule has 0 radical (unpaired) electrons. The van der Waals surface area contributed by atoms with Gasteiger partial charge in [0.1, 0.15) is 5.78 Å². The maximum absolute atomic E-state index is 11.0. The molecule has 62 valence electrons. The molecule has 1 saturated carbocycles. The van der Waals surface area contributed by atoms with E-state index in [1.807, 2.05) is 6.92 Å². The van der Waals surface area contributed by atoms with Gasteiger partial charge in [0.25, 0.3) is 0 Å². The third-order valence-electron chi connectivity index (χ3n) is 2.19. The molecular weight excluding hydrogens is 140 g/mol. The second-order valence-corrected chi connectivity index (χ2v) is 3.38. The lowest BCUT2D eigenvalue weighted by atomic mass is 9.83. The number of hydrogen-bond donors (Lipinski definition) is 1. The highest BCUT2D eigenvalue weighted by Crippen LogP contribution is 2.26. The number of hydrogen-bond acceptors (Lipinski definition) is 2. The second kappa shape index (κ2) is 3.18. The van der Waals surface area contributed by atoms with Crippen molar-refractivity contribution < 1.29 is 9.90 Å². The van der Waals surface area contributed by atoms with Gasteiger partial charge in [-0.3, -0.25) is 4.79 Å². The Labute approximate surface area is 66.9 Å². The third-order valence-corrected chi connectivity index (χ3v) is 2.19. The van der Waals surface area contributed by atoms with Gasteiger partial charge in [0, 0.05) is 12.8 Å². The van der Waals surface area contributed by atoms with Crippen molar-refractivity contribution >= 4 is 5.78 Å². The number of allylic oxidation sites excluding steroid dienone is 1.